The molecule has 1 aliphatic rings. The zero-order valence-corrected chi connectivity index (χ0v) is 18.5. The van der Waals surface area contributed by atoms with E-state index in [1.54, 1.807) is 32.5 Å². The highest BCUT2D eigenvalue weighted by molar-refractivity contribution is 5.96. The molecule has 3 aromatic rings. The smallest absolute Gasteiger partial charge is 0.256 e. The number of nitrogens with zero attached hydrogens (tertiary/aromatic N) is 1. The molecule has 4 rings (SSSR count). The molecule has 2 aromatic carbocycles. The summed E-state index contributed by atoms with van der Waals surface area (Å²) >= 11 is 0. The number of para-hydroxylation sites is 1. The number of nitrogens with one attached hydrogen (secondary N) is 1. The van der Waals surface area contributed by atoms with Gasteiger partial charge in [-0.25, -0.2) is 4.98 Å². The molecule has 6 nitrogen and oxygen atoms in total. The predicted molar refractivity (Wildman–Crippen MR) is 123 cm³/mol. The maximum atomic E-state index is 13.1. The van der Waals surface area contributed by atoms with Gasteiger partial charge in [-0.3, -0.25) is 4.79 Å². The maximum absolute atomic E-state index is 13.1. The van der Waals surface area contributed by atoms with Gasteiger partial charge in [0.25, 0.3) is 5.91 Å². The highest BCUT2D eigenvalue weighted by atomic mass is 16.5. The Morgan fingerprint density at radius 3 is 2.44 bits per heavy atom. The third kappa shape index (κ3) is 4.54. The minimum atomic E-state index is -0.198. The van der Waals surface area contributed by atoms with Crippen molar-refractivity contribution >= 4 is 5.91 Å². The van der Waals surface area contributed by atoms with Crippen LogP contribution in [0.4, 0.5) is 0 Å². The van der Waals surface area contributed by atoms with Crippen molar-refractivity contribution in [2.45, 2.75) is 31.1 Å². The number of carbonyl (C=O) groups excluding carboxylic acids is 1. The standard InChI is InChI=1S/C26H28N2O4/c1-30-22-13-12-19(17-23(22)31-2)26(14-6-7-15-26)18-28-24(29)21-11-8-16-27-25(21)32-20-9-4-3-5-10-20/h3-5,8-13,16-17H,6-7,14-15,18H2,1-2H3,(H,28,29). The van der Waals surface area contributed by atoms with Gasteiger partial charge in [0.1, 0.15) is 11.3 Å². The van der Waals surface area contributed by atoms with Crippen molar-refractivity contribution in [1.82, 2.24) is 10.3 Å². The Balaban J connectivity index is 1.54. The molecule has 1 heterocycles. The first-order valence-corrected chi connectivity index (χ1v) is 10.8. The molecular formula is C26H28N2O4. The molecule has 0 saturated heterocycles. The van der Waals surface area contributed by atoms with E-state index in [2.05, 4.69) is 16.4 Å². The van der Waals surface area contributed by atoms with Gasteiger partial charge in [-0.15, -0.1) is 0 Å². The van der Waals surface area contributed by atoms with Crippen molar-refractivity contribution in [2.24, 2.45) is 0 Å². The topological polar surface area (TPSA) is 69.7 Å². The minimum Gasteiger partial charge on any atom is -0.493 e. The van der Waals surface area contributed by atoms with Gasteiger partial charge in [-0.1, -0.05) is 37.1 Å². The van der Waals surface area contributed by atoms with Crippen molar-refractivity contribution in [3.8, 4) is 23.1 Å². The van der Waals surface area contributed by atoms with Crippen LogP contribution in [0.25, 0.3) is 0 Å². The summed E-state index contributed by atoms with van der Waals surface area (Å²) in [5.74, 6) is 2.14. The Morgan fingerprint density at radius 1 is 0.969 bits per heavy atom. The molecule has 1 aliphatic carbocycles. The lowest BCUT2D eigenvalue weighted by molar-refractivity contribution is 0.0940. The first-order valence-electron chi connectivity index (χ1n) is 10.8. The Hall–Kier alpha value is -3.54. The van der Waals surface area contributed by atoms with Gasteiger partial charge in [0.2, 0.25) is 5.88 Å². The third-order valence-corrected chi connectivity index (χ3v) is 6.12. The van der Waals surface area contributed by atoms with Crippen molar-refractivity contribution in [3.05, 3.63) is 78.0 Å². The molecule has 6 heteroatoms. The van der Waals surface area contributed by atoms with E-state index in [0.29, 0.717) is 35.2 Å². The monoisotopic (exact) mass is 432 g/mol. The highest BCUT2D eigenvalue weighted by Gasteiger charge is 2.37. The van der Waals surface area contributed by atoms with Gasteiger partial charge in [0.15, 0.2) is 11.5 Å². The quantitative estimate of drug-likeness (QED) is 0.534. The summed E-state index contributed by atoms with van der Waals surface area (Å²) in [5.41, 5.74) is 1.43. The van der Waals surface area contributed by atoms with E-state index in [9.17, 15) is 4.79 Å². The van der Waals surface area contributed by atoms with Crippen LogP contribution in [0.1, 0.15) is 41.6 Å². The molecular weight excluding hydrogens is 404 g/mol. The van der Waals surface area contributed by atoms with Crippen LogP contribution in [-0.4, -0.2) is 31.7 Å². The van der Waals surface area contributed by atoms with Crippen molar-refractivity contribution in [1.29, 1.82) is 0 Å². The highest BCUT2D eigenvalue weighted by Crippen LogP contribution is 2.43. The number of hydrogen-bond acceptors (Lipinski definition) is 5. The number of rotatable bonds is 8. The fourth-order valence-corrected chi connectivity index (χ4v) is 4.38. The van der Waals surface area contributed by atoms with Gasteiger partial charge in [-0.05, 0) is 54.8 Å². The summed E-state index contributed by atoms with van der Waals surface area (Å²) in [6.07, 6.45) is 5.88. The lowest BCUT2D eigenvalue weighted by Crippen LogP contribution is -2.39. The Morgan fingerprint density at radius 2 is 1.72 bits per heavy atom. The summed E-state index contributed by atoms with van der Waals surface area (Å²) in [7, 11) is 3.27. The van der Waals surface area contributed by atoms with Crippen LogP contribution in [-0.2, 0) is 5.41 Å². The molecule has 32 heavy (non-hydrogen) atoms. The molecule has 1 amide bonds. The number of aromatic nitrogens is 1. The fraction of sp³-hybridized carbons (Fsp3) is 0.308. The maximum Gasteiger partial charge on any atom is 0.256 e. The Bertz CT molecular complexity index is 1060. The molecule has 1 N–H and O–H groups in total. The molecule has 1 aromatic heterocycles. The van der Waals surface area contributed by atoms with E-state index >= 15 is 0 Å². The first-order chi connectivity index (χ1) is 15.6. The lowest BCUT2D eigenvalue weighted by atomic mass is 9.78. The van der Waals surface area contributed by atoms with Crippen molar-refractivity contribution in [2.75, 3.05) is 20.8 Å². The van der Waals surface area contributed by atoms with E-state index in [1.807, 2.05) is 42.5 Å². The zero-order valence-electron chi connectivity index (χ0n) is 18.5. The average molecular weight is 433 g/mol. The summed E-state index contributed by atoms with van der Waals surface area (Å²) in [6, 6.07) is 18.9. The van der Waals surface area contributed by atoms with Crippen molar-refractivity contribution < 1.29 is 19.0 Å². The second-order valence-electron chi connectivity index (χ2n) is 8.01. The molecule has 0 unspecified atom stereocenters. The Kier molecular flexibility index (Phi) is 6.59. The zero-order chi connectivity index (χ0) is 22.4. The minimum absolute atomic E-state index is 0.141. The fourth-order valence-electron chi connectivity index (χ4n) is 4.38. The summed E-state index contributed by atoms with van der Waals surface area (Å²) < 4.78 is 16.8. The molecule has 0 atom stereocenters. The van der Waals surface area contributed by atoms with E-state index in [1.165, 1.54) is 0 Å². The van der Waals surface area contributed by atoms with Crippen LogP contribution in [0, 0.1) is 0 Å². The normalized spacial score (nSPS) is 14.6. The van der Waals surface area contributed by atoms with Gasteiger partial charge < -0.3 is 19.5 Å². The summed E-state index contributed by atoms with van der Waals surface area (Å²) in [6.45, 7) is 0.529. The number of carbonyl (C=O) groups is 1. The van der Waals surface area contributed by atoms with E-state index in [4.69, 9.17) is 14.2 Å². The Labute approximate surface area is 188 Å². The largest absolute Gasteiger partial charge is 0.493 e. The number of benzene rings is 2. The number of amides is 1. The van der Waals surface area contributed by atoms with Crippen LogP contribution in [0.5, 0.6) is 23.1 Å². The van der Waals surface area contributed by atoms with E-state index in [0.717, 1.165) is 31.2 Å². The number of pyridine rings is 1. The van der Waals surface area contributed by atoms with E-state index < -0.39 is 0 Å². The van der Waals surface area contributed by atoms with Crippen LogP contribution in [0.15, 0.2) is 66.9 Å². The van der Waals surface area contributed by atoms with Gasteiger partial charge in [0.05, 0.1) is 14.2 Å². The van der Waals surface area contributed by atoms with Crippen molar-refractivity contribution in [3.63, 3.8) is 0 Å². The summed E-state index contributed by atoms with van der Waals surface area (Å²) in [4.78, 5) is 17.4. The molecule has 1 fully saturated rings. The molecule has 0 aliphatic heterocycles. The van der Waals surface area contributed by atoms with Crippen LogP contribution < -0.4 is 19.5 Å². The molecule has 0 bridgehead atoms. The van der Waals surface area contributed by atoms with Crippen LogP contribution in [0.2, 0.25) is 0 Å². The number of ether oxygens (including phenoxy) is 3. The number of methoxy groups -OCH3 is 2. The van der Waals surface area contributed by atoms with Crippen LogP contribution in [0.3, 0.4) is 0 Å². The summed E-state index contributed by atoms with van der Waals surface area (Å²) in [5, 5.41) is 3.14. The molecule has 166 valence electrons. The molecule has 1 saturated carbocycles. The van der Waals surface area contributed by atoms with Gasteiger partial charge in [0, 0.05) is 18.2 Å². The predicted octanol–water partition coefficient (Wildman–Crippen LogP) is 5.13. The molecule has 0 radical (unpaired) electrons. The van der Waals surface area contributed by atoms with Gasteiger partial charge in [-0.2, -0.15) is 0 Å². The lowest BCUT2D eigenvalue weighted by Gasteiger charge is -2.30. The van der Waals surface area contributed by atoms with Gasteiger partial charge >= 0.3 is 0 Å². The van der Waals surface area contributed by atoms with E-state index in [-0.39, 0.29) is 11.3 Å². The number of hydrogen-bond donors (Lipinski definition) is 1. The third-order valence-electron chi connectivity index (χ3n) is 6.12. The second-order valence-corrected chi connectivity index (χ2v) is 8.01. The SMILES string of the molecule is COc1ccc(C2(CNC(=O)c3cccnc3Oc3ccccc3)CCCC2)cc1OC. The molecule has 0 spiro atoms. The first kappa shape index (κ1) is 21.7. The average Bonchev–Trinajstić information content (AvgIpc) is 3.33. The van der Waals surface area contributed by atoms with Crippen LogP contribution >= 0.6 is 0 Å². The second kappa shape index (κ2) is 9.73.